The number of non-ortho nitro benzene ring substituents is 1. The van der Waals surface area contributed by atoms with Gasteiger partial charge in [0.05, 0.1) is 88.0 Å². The number of ether oxygens (including phenoxy) is 3. The summed E-state index contributed by atoms with van der Waals surface area (Å²) in [5.41, 5.74) is 6.17. The normalized spacial score (nSPS) is 10.9. The van der Waals surface area contributed by atoms with Crippen molar-refractivity contribution in [3.05, 3.63) is 171 Å². The van der Waals surface area contributed by atoms with Gasteiger partial charge in [0.25, 0.3) is 11.2 Å². The second kappa shape index (κ2) is 34.1. The van der Waals surface area contributed by atoms with Crippen molar-refractivity contribution < 1.29 is 42.7 Å². The summed E-state index contributed by atoms with van der Waals surface area (Å²) < 4.78 is 26.5. The number of aromatic hydroxyl groups is 1. The SMILES string of the molecule is C=COC=Nc1cc(N(C)CC)ccc1N=Nc1c(Br)cc([N+](=O)[O-])cc1C#N.C=COOSc1ccc(N=Nc2c(C)c(C)c(O)n(C)c2=O)cc1.C=COOSc1ccc(N=Nc2cc(OC)c(N(C)CC)cc2N=COC)cc1. The molecule has 0 bridgehead atoms. The number of anilines is 2. The van der Waals surface area contributed by atoms with Crippen LogP contribution in [-0.2, 0) is 35.0 Å². The van der Waals surface area contributed by atoms with Crippen molar-refractivity contribution in [1.82, 2.24) is 4.57 Å². The van der Waals surface area contributed by atoms with Gasteiger partial charge in [0, 0.05) is 73.5 Å². The smallest absolute Gasteiger partial charge is 0.281 e. The molecular formula is C55H58BrN13O11S2. The Balaban J connectivity index is 0.000000266. The quantitative estimate of drug-likeness (QED) is 0.00641. The first-order chi connectivity index (χ1) is 39.5. The van der Waals surface area contributed by atoms with Crippen LogP contribution in [0, 0.1) is 35.3 Å². The van der Waals surface area contributed by atoms with E-state index in [2.05, 4.69) is 97.9 Å². The lowest BCUT2D eigenvalue weighted by molar-refractivity contribution is -0.384. The second-order valence-electron chi connectivity index (χ2n) is 16.1. The zero-order valence-corrected chi connectivity index (χ0v) is 49.3. The maximum atomic E-state index is 12.2. The van der Waals surface area contributed by atoms with Gasteiger partial charge in [-0.05, 0) is 122 Å². The maximum Gasteiger partial charge on any atom is 0.281 e. The summed E-state index contributed by atoms with van der Waals surface area (Å²) in [6, 6.07) is 27.8. The minimum absolute atomic E-state index is 0.0252. The number of rotatable bonds is 25. The van der Waals surface area contributed by atoms with Crippen LogP contribution >= 0.6 is 40.0 Å². The summed E-state index contributed by atoms with van der Waals surface area (Å²) in [5, 5.41) is 55.2. The molecule has 0 fully saturated rings. The van der Waals surface area contributed by atoms with E-state index in [1.165, 1.54) is 51.8 Å². The van der Waals surface area contributed by atoms with Crippen molar-refractivity contribution in [2.24, 2.45) is 47.7 Å². The Morgan fingerprint density at radius 3 is 1.83 bits per heavy atom. The molecular weight excluding hydrogens is 1160 g/mol. The van der Waals surface area contributed by atoms with Crippen molar-refractivity contribution in [3.63, 3.8) is 0 Å². The molecule has 0 aliphatic heterocycles. The summed E-state index contributed by atoms with van der Waals surface area (Å²) in [5.74, 6) is 0.616. The number of hydrogen-bond acceptors (Lipinski definition) is 24. The fourth-order valence-corrected chi connectivity index (χ4v) is 7.73. The zero-order chi connectivity index (χ0) is 60.1. The Bertz CT molecular complexity index is 3430. The number of pyridine rings is 1. The molecule has 0 aliphatic rings. The van der Waals surface area contributed by atoms with E-state index in [1.54, 1.807) is 57.4 Å². The van der Waals surface area contributed by atoms with Crippen LogP contribution in [0.4, 0.5) is 62.6 Å². The van der Waals surface area contributed by atoms with Crippen LogP contribution in [0.15, 0.2) is 189 Å². The molecule has 24 nitrogen and oxygen atoms in total. The zero-order valence-electron chi connectivity index (χ0n) is 46.1. The predicted molar refractivity (Wildman–Crippen MR) is 322 cm³/mol. The largest absolute Gasteiger partial charge is 0.494 e. The average Bonchev–Trinajstić information content (AvgIpc) is 3.58. The average molecular weight is 1220 g/mol. The lowest BCUT2D eigenvalue weighted by atomic mass is 10.1. The van der Waals surface area contributed by atoms with Gasteiger partial charge in [0.15, 0.2) is 24.4 Å². The first kappa shape index (κ1) is 65.3. The molecule has 0 aliphatic carbocycles. The van der Waals surface area contributed by atoms with Gasteiger partial charge in [0.1, 0.15) is 41.4 Å². The van der Waals surface area contributed by atoms with Crippen LogP contribution < -0.4 is 20.1 Å². The number of nitro groups is 1. The number of methoxy groups -OCH3 is 2. The highest BCUT2D eigenvalue weighted by atomic mass is 79.9. The number of halogens is 1. The first-order valence-corrected chi connectivity index (χ1v) is 26.3. The minimum Gasteiger partial charge on any atom is -0.494 e. The number of aliphatic imine (C=N–C) groups is 2. The molecule has 0 radical (unpaired) electrons. The molecule has 0 amide bonds. The van der Waals surface area contributed by atoms with E-state index in [9.17, 15) is 25.3 Å². The Hall–Kier alpha value is -9.20. The fraction of sp³-hybridized carbons (Fsp3) is 0.200. The van der Waals surface area contributed by atoms with Crippen LogP contribution in [-0.4, -0.2) is 68.8 Å². The summed E-state index contributed by atoms with van der Waals surface area (Å²) in [6.45, 7) is 19.4. The van der Waals surface area contributed by atoms with Gasteiger partial charge < -0.3 is 38.9 Å². The van der Waals surface area contributed by atoms with E-state index < -0.39 is 10.5 Å². The third kappa shape index (κ3) is 19.3. The summed E-state index contributed by atoms with van der Waals surface area (Å²) in [6.07, 6.45) is 6.20. The Morgan fingerprint density at radius 2 is 1.29 bits per heavy atom. The number of benzene rings is 5. The van der Waals surface area contributed by atoms with E-state index >= 15 is 0 Å². The molecule has 6 aromatic rings. The van der Waals surface area contributed by atoms with Crippen molar-refractivity contribution in [2.45, 2.75) is 37.5 Å². The van der Waals surface area contributed by atoms with Crippen molar-refractivity contribution in [3.8, 4) is 17.7 Å². The van der Waals surface area contributed by atoms with Crippen LogP contribution in [0.2, 0.25) is 0 Å². The number of nitriles is 1. The third-order valence-corrected chi connectivity index (χ3v) is 12.9. The molecule has 0 saturated heterocycles. The van der Waals surface area contributed by atoms with E-state index in [0.717, 1.165) is 69.0 Å². The Morgan fingerprint density at radius 1 is 0.732 bits per heavy atom. The number of hydrogen-bond donors (Lipinski definition) is 1. The molecule has 1 heterocycles. The monoisotopic (exact) mass is 1220 g/mol. The van der Waals surface area contributed by atoms with Crippen molar-refractivity contribution >= 4 is 115 Å². The Kier molecular flexibility index (Phi) is 27.1. The molecule has 82 heavy (non-hydrogen) atoms. The third-order valence-electron chi connectivity index (χ3n) is 11.1. The standard InChI is InChI=1S/C20H24N4O4S.C19H17BrN6O3.C16H17N3O4S/c1-6-24(3)19-12-17(21-14-25-4)18(13-20(19)26-5)23-22-15-8-10-16(11-9-15)29-28-27-7-2;1-4-25(3)14-6-7-17(18(10-14)22-12-29-5-2)23-24-19-13(11-21)8-15(26(27)28)9-16(19)20;1-5-22-23-24-13-8-6-12(7-9-13)17-18-14-10(2)11(3)15(20)19(4)16(14)21/h7-14H,2,6H2,1,3-5H3;5-10,12H,2,4H2,1,3H3;5-9,20H,1H2,2-4H3. The highest BCUT2D eigenvalue weighted by molar-refractivity contribution is 9.10. The van der Waals surface area contributed by atoms with Gasteiger partial charge >= 0.3 is 0 Å². The van der Waals surface area contributed by atoms with Crippen LogP contribution in [0.1, 0.15) is 30.5 Å². The number of aromatic nitrogens is 1. The lowest BCUT2D eigenvalue weighted by Crippen LogP contribution is -2.18. The number of nitro benzene ring substituents is 1. The lowest BCUT2D eigenvalue weighted by Gasteiger charge is -2.20. The van der Waals surface area contributed by atoms with Crippen LogP contribution in [0.3, 0.4) is 0 Å². The second-order valence-corrected chi connectivity index (χ2v) is 18.5. The van der Waals surface area contributed by atoms with Crippen LogP contribution in [0.5, 0.6) is 11.6 Å². The first-order valence-electron chi connectivity index (χ1n) is 24.1. The molecule has 6 rings (SSSR count). The van der Waals surface area contributed by atoms with Gasteiger partial charge in [-0.2, -0.15) is 15.5 Å². The molecule has 0 saturated carbocycles. The molecule has 0 spiro atoms. The molecule has 5 aromatic carbocycles. The fourth-order valence-electron chi connectivity index (χ4n) is 6.36. The molecule has 0 unspecified atom stereocenters. The highest BCUT2D eigenvalue weighted by Crippen LogP contribution is 2.41. The number of nitrogens with zero attached hydrogens (tertiary/aromatic N) is 13. The molecule has 27 heteroatoms. The van der Waals surface area contributed by atoms with Crippen molar-refractivity contribution in [1.29, 1.82) is 5.26 Å². The van der Waals surface area contributed by atoms with Gasteiger partial charge in [0.2, 0.25) is 0 Å². The molecule has 0 atom stereocenters. The van der Waals surface area contributed by atoms with Gasteiger partial charge in [-0.3, -0.25) is 19.5 Å². The summed E-state index contributed by atoms with van der Waals surface area (Å²) in [7, 11) is 8.57. The predicted octanol–water partition coefficient (Wildman–Crippen LogP) is 16.1. The molecule has 428 valence electrons. The summed E-state index contributed by atoms with van der Waals surface area (Å²) >= 11 is 5.32. The van der Waals surface area contributed by atoms with Crippen LogP contribution in [0.25, 0.3) is 0 Å². The molecule has 1 N–H and O–H groups in total. The van der Waals surface area contributed by atoms with Gasteiger partial charge in [-0.15, -0.1) is 29.1 Å². The van der Waals surface area contributed by atoms with E-state index in [1.807, 2.05) is 74.5 Å². The topological polar surface area (TPSA) is 279 Å². The van der Waals surface area contributed by atoms with Crippen molar-refractivity contribution in [2.75, 3.05) is 51.2 Å². The maximum absolute atomic E-state index is 12.2. The highest BCUT2D eigenvalue weighted by Gasteiger charge is 2.18. The van der Waals surface area contributed by atoms with E-state index in [4.69, 9.17) is 22.9 Å². The van der Waals surface area contributed by atoms with Gasteiger partial charge in [-0.25, -0.2) is 9.98 Å². The molecule has 1 aromatic heterocycles. The van der Waals surface area contributed by atoms with Gasteiger partial charge in [-0.1, -0.05) is 19.7 Å². The van der Waals surface area contributed by atoms with E-state index in [0.29, 0.717) is 51.0 Å². The van der Waals surface area contributed by atoms with E-state index in [-0.39, 0.29) is 33.0 Å². The summed E-state index contributed by atoms with van der Waals surface area (Å²) in [4.78, 5) is 46.0. The Labute approximate surface area is 490 Å². The minimum atomic E-state index is -0.581. The number of azo groups is 3.